The van der Waals surface area contributed by atoms with Crippen LogP contribution in [0.5, 0.6) is 5.75 Å². The number of carbonyl (C=O) groups is 1. The van der Waals surface area contributed by atoms with Crippen LogP contribution in [-0.2, 0) is 11.2 Å². The van der Waals surface area contributed by atoms with Crippen molar-refractivity contribution in [1.82, 2.24) is 0 Å². The highest BCUT2D eigenvalue weighted by Gasteiger charge is 2.32. The second-order valence-electron chi connectivity index (χ2n) is 6.13. The van der Waals surface area contributed by atoms with Crippen LogP contribution in [0.4, 0.5) is 0 Å². The van der Waals surface area contributed by atoms with Gasteiger partial charge in [0.2, 0.25) is 0 Å². The van der Waals surface area contributed by atoms with Gasteiger partial charge >= 0.3 is 0 Å². The molecule has 0 bridgehead atoms. The highest BCUT2D eigenvalue weighted by atomic mass is 79.9. The Morgan fingerprint density at radius 2 is 2.05 bits per heavy atom. The molecular weight excluding hydrogens is 332 g/mol. The van der Waals surface area contributed by atoms with Gasteiger partial charge in [-0.05, 0) is 49.4 Å². The molecule has 21 heavy (non-hydrogen) atoms. The number of rotatable bonds is 4. The molecule has 1 aliphatic heterocycles. The lowest BCUT2D eigenvalue weighted by molar-refractivity contribution is 0.00352. The van der Waals surface area contributed by atoms with Crippen LogP contribution in [0.3, 0.4) is 0 Å². The topological polar surface area (TPSA) is 35.5 Å². The van der Waals surface area contributed by atoms with Crippen LogP contribution in [0.15, 0.2) is 18.2 Å². The van der Waals surface area contributed by atoms with Gasteiger partial charge in [0.15, 0.2) is 5.78 Å². The molecule has 1 aliphatic carbocycles. The average Bonchev–Trinajstić information content (AvgIpc) is 2.54. The lowest BCUT2D eigenvalue weighted by Crippen LogP contribution is -2.36. The fourth-order valence-electron chi connectivity index (χ4n) is 3.07. The molecule has 1 aromatic rings. The number of ether oxygens (including phenoxy) is 2. The smallest absolute Gasteiger partial charge is 0.163 e. The molecule has 0 amide bonds. The Kier molecular flexibility index (Phi) is 4.65. The predicted octanol–water partition coefficient (Wildman–Crippen LogP) is 3.78. The zero-order valence-corrected chi connectivity index (χ0v) is 13.8. The van der Waals surface area contributed by atoms with Crippen molar-refractivity contribution in [3.05, 3.63) is 29.3 Å². The molecule has 3 nitrogen and oxygen atoms in total. The quantitative estimate of drug-likeness (QED) is 0.773. The number of hydrogen-bond donors (Lipinski definition) is 0. The van der Waals surface area contributed by atoms with E-state index in [0.29, 0.717) is 13.0 Å². The number of aryl methyl sites for hydroxylation is 1. The van der Waals surface area contributed by atoms with Gasteiger partial charge < -0.3 is 9.47 Å². The van der Waals surface area contributed by atoms with Crippen LogP contribution in [0.2, 0.25) is 0 Å². The van der Waals surface area contributed by atoms with Crippen LogP contribution in [0, 0.1) is 5.41 Å². The van der Waals surface area contributed by atoms with E-state index in [0.717, 1.165) is 61.1 Å². The van der Waals surface area contributed by atoms with Gasteiger partial charge in [-0.3, -0.25) is 4.79 Å². The standard InChI is InChI=1S/C17H21BrO3/c18-11-17(6-8-20-9-7-17)12-21-14-4-5-15-13(10-14)2-1-3-16(15)19/h4-5,10H,1-3,6-9,11-12H2. The van der Waals surface area contributed by atoms with Gasteiger partial charge in [0, 0.05) is 35.9 Å². The molecule has 114 valence electrons. The van der Waals surface area contributed by atoms with Gasteiger partial charge in [0.05, 0.1) is 6.61 Å². The molecule has 1 saturated heterocycles. The first-order chi connectivity index (χ1) is 10.2. The summed E-state index contributed by atoms with van der Waals surface area (Å²) in [4.78, 5) is 11.8. The summed E-state index contributed by atoms with van der Waals surface area (Å²) in [7, 11) is 0. The molecule has 1 heterocycles. The minimum atomic E-state index is 0.171. The summed E-state index contributed by atoms with van der Waals surface area (Å²) in [5, 5.41) is 0.937. The van der Waals surface area contributed by atoms with E-state index in [-0.39, 0.29) is 11.2 Å². The Bertz CT molecular complexity index is 521. The predicted molar refractivity (Wildman–Crippen MR) is 85.5 cm³/mol. The molecule has 0 saturated carbocycles. The molecule has 0 atom stereocenters. The summed E-state index contributed by atoms with van der Waals surface area (Å²) >= 11 is 3.63. The van der Waals surface area contributed by atoms with E-state index in [9.17, 15) is 4.79 Å². The number of benzene rings is 1. The summed E-state index contributed by atoms with van der Waals surface area (Å²) in [5.41, 5.74) is 2.20. The maximum Gasteiger partial charge on any atom is 0.163 e. The van der Waals surface area contributed by atoms with Crippen molar-refractivity contribution in [3.63, 3.8) is 0 Å². The zero-order chi connectivity index (χ0) is 14.7. The number of fused-ring (bicyclic) bond motifs is 1. The fraction of sp³-hybridized carbons (Fsp3) is 0.588. The number of halogens is 1. The van der Waals surface area contributed by atoms with Crippen molar-refractivity contribution >= 4 is 21.7 Å². The van der Waals surface area contributed by atoms with Gasteiger partial charge in [-0.25, -0.2) is 0 Å². The summed E-state index contributed by atoms with van der Waals surface area (Å²) in [6.07, 6.45) is 4.68. The van der Waals surface area contributed by atoms with Crippen molar-refractivity contribution in [1.29, 1.82) is 0 Å². The largest absolute Gasteiger partial charge is 0.493 e. The first kappa shape index (κ1) is 15.0. The van der Waals surface area contributed by atoms with Crippen molar-refractivity contribution in [2.45, 2.75) is 32.1 Å². The molecule has 0 spiro atoms. The molecular formula is C17H21BrO3. The Hall–Kier alpha value is -0.870. The Balaban J connectivity index is 1.69. The number of carbonyl (C=O) groups excluding carboxylic acids is 1. The van der Waals surface area contributed by atoms with Gasteiger partial charge in [-0.1, -0.05) is 15.9 Å². The molecule has 4 heteroatoms. The van der Waals surface area contributed by atoms with Crippen LogP contribution >= 0.6 is 15.9 Å². The molecule has 1 fully saturated rings. The van der Waals surface area contributed by atoms with Crippen molar-refractivity contribution in [2.24, 2.45) is 5.41 Å². The Morgan fingerprint density at radius 1 is 1.24 bits per heavy atom. The van der Waals surface area contributed by atoms with Gasteiger partial charge in [0.1, 0.15) is 5.75 Å². The van der Waals surface area contributed by atoms with E-state index in [1.807, 2.05) is 18.2 Å². The Labute approximate surface area is 134 Å². The molecule has 1 aromatic carbocycles. The van der Waals surface area contributed by atoms with E-state index in [1.54, 1.807) is 0 Å². The second kappa shape index (κ2) is 6.49. The fourth-order valence-corrected chi connectivity index (χ4v) is 3.79. The molecule has 0 unspecified atom stereocenters. The van der Waals surface area contributed by atoms with Crippen LogP contribution in [0.25, 0.3) is 0 Å². The number of ketones is 1. The normalized spacial score (nSPS) is 20.9. The molecule has 0 radical (unpaired) electrons. The SMILES string of the molecule is O=C1CCCc2cc(OCC3(CBr)CCOCC3)ccc21. The summed E-state index contributed by atoms with van der Waals surface area (Å²) in [5.74, 6) is 1.15. The minimum absolute atomic E-state index is 0.171. The molecule has 0 N–H and O–H groups in total. The Morgan fingerprint density at radius 3 is 2.81 bits per heavy atom. The highest BCUT2D eigenvalue weighted by molar-refractivity contribution is 9.09. The van der Waals surface area contributed by atoms with Crippen molar-refractivity contribution < 1.29 is 14.3 Å². The van der Waals surface area contributed by atoms with E-state index < -0.39 is 0 Å². The third-order valence-corrected chi connectivity index (χ3v) is 5.80. The molecule has 2 aliphatic rings. The third-order valence-electron chi connectivity index (χ3n) is 4.61. The van der Waals surface area contributed by atoms with Gasteiger partial charge in [-0.15, -0.1) is 0 Å². The van der Waals surface area contributed by atoms with E-state index in [1.165, 1.54) is 0 Å². The zero-order valence-electron chi connectivity index (χ0n) is 12.2. The third kappa shape index (κ3) is 3.32. The van der Waals surface area contributed by atoms with Crippen molar-refractivity contribution in [2.75, 3.05) is 25.2 Å². The van der Waals surface area contributed by atoms with Crippen LogP contribution in [-0.4, -0.2) is 30.9 Å². The number of hydrogen-bond acceptors (Lipinski definition) is 3. The monoisotopic (exact) mass is 352 g/mol. The van der Waals surface area contributed by atoms with Crippen LogP contribution in [0.1, 0.15) is 41.6 Å². The average molecular weight is 353 g/mol. The van der Waals surface area contributed by atoms with Gasteiger partial charge in [-0.2, -0.15) is 0 Å². The first-order valence-corrected chi connectivity index (χ1v) is 8.77. The van der Waals surface area contributed by atoms with E-state index >= 15 is 0 Å². The van der Waals surface area contributed by atoms with Gasteiger partial charge in [0.25, 0.3) is 0 Å². The molecule has 0 aromatic heterocycles. The van der Waals surface area contributed by atoms with E-state index in [4.69, 9.17) is 9.47 Å². The summed E-state index contributed by atoms with van der Waals surface area (Å²) in [6.45, 7) is 2.33. The number of alkyl halides is 1. The maximum atomic E-state index is 11.8. The lowest BCUT2D eigenvalue weighted by atomic mass is 9.83. The van der Waals surface area contributed by atoms with Crippen LogP contribution < -0.4 is 4.74 Å². The summed E-state index contributed by atoms with van der Waals surface area (Å²) < 4.78 is 11.5. The molecule has 3 rings (SSSR count). The first-order valence-electron chi connectivity index (χ1n) is 7.65. The maximum absolute atomic E-state index is 11.8. The van der Waals surface area contributed by atoms with E-state index in [2.05, 4.69) is 15.9 Å². The minimum Gasteiger partial charge on any atom is -0.493 e. The number of Topliss-reactive ketones (excluding diaryl/α,β-unsaturated/α-hetero) is 1. The summed E-state index contributed by atoms with van der Waals surface area (Å²) in [6, 6.07) is 5.91. The highest BCUT2D eigenvalue weighted by Crippen LogP contribution is 2.34. The second-order valence-corrected chi connectivity index (χ2v) is 6.69. The lowest BCUT2D eigenvalue weighted by Gasteiger charge is -2.35. The van der Waals surface area contributed by atoms with Crippen molar-refractivity contribution in [3.8, 4) is 5.75 Å².